The summed E-state index contributed by atoms with van der Waals surface area (Å²) in [7, 11) is 0. The van der Waals surface area contributed by atoms with Gasteiger partial charge in [-0.25, -0.2) is 0 Å². The smallest absolute Gasteiger partial charge is 0.152 e. The van der Waals surface area contributed by atoms with Gasteiger partial charge in [-0.05, 0) is 43.1 Å². The van der Waals surface area contributed by atoms with E-state index in [2.05, 4.69) is 31.3 Å². The van der Waals surface area contributed by atoms with E-state index >= 15 is 0 Å². The summed E-state index contributed by atoms with van der Waals surface area (Å²) < 4.78 is 5.74. The summed E-state index contributed by atoms with van der Waals surface area (Å²) in [6.07, 6.45) is 0. The molecule has 0 spiro atoms. The van der Waals surface area contributed by atoms with Gasteiger partial charge in [-0.15, -0.1) is 0 Å². The molecule has 1 aromatic heterocycles. The Labute approximate surface area is 107 Å². The van der Waals surface area contributed by atoms with E-state index in [9.17, 15) is 0 Å². The minimum Gasteiger partial charge on any atom is -0.458 e. The maximum atomic E-state index is 6.15. The normalized spacial score (nSPS) is 11.6. The Morgan fingerprint density at radius 2 is 2.06 bits per heavy atom. The number of fused-ring (bicyclic) bond motifs is 1. The van der Waals surface area contributed by atoms with Crippen molar-refractivity contribution in [1.82, 2.24) is 5.32 Å². The maximum absolute atomic E-state index is 6.15. The summed E-state index contributed by atoms with van der Waals surface area (Å²) in [6.45, 7) is 8.15. The molecule has 2 aromatic rings. The van der Waals surface area contributed by atoms with Gasteiger partial charge in [-0.2, -0.15) is 0 Å². The Morgan fingerprint density at radius 1 is 1.29 bits per heavy atom. The molecule has 0 aliphatic heterocycles. The third kappa shape index (κ3) is 3.02. The molecule has 0 amide bonds. The van der Waals surface area contributed by atoms with Crippen molar-refractivity contribution in [1.29, 1.82) is 0 Å². The van der Waals surface area contributed by atoms with Gasteiger partial charge in [0.1, 0.15) is 5.76 Å². The topological polar surface area (TPSA) is 25.2 Å². The van der Waals surface area contributed by atoms with Crippen LogP contribution in [0.1, 0.15) is 25.2 Å². The Kier molecular flexibility index (Phi) is 3.75. The minimum absolute atomic E-state index is 0.644. The van der Waals surface area contributed by atoms with Crippen molar-refractivity contribution >= 4 is 22.6 Å². The van der Waals surface area contributed by atoms with Crippen molar-refractivity contribution in [3.05, 3.63) is 34.5 Å². The van der Waals surface area contributed by atoms with Gasteiger partial charge < -0.3 is 9.73 Å². The molecule has 0 saturated carbocycles. The van der Waals surface area contributed by atoms with Gasteiger partial charge in [0, 0.05) is 5.39 Å². The van der Waals surface area contributed by atoms with Gasteiger partial charge in [-0.3, -0.25) is 0 Å². The lowest BCUT2D eigenvalue weighted by molar-refractivity contribution is 0.485. The lowest BCUT2D eigenvalue weighted by atomic mass is 10.2. The molecule has 0 radical (unpaired) electrons. The average Bonchev–Trinajstić information content (AvgIpc) is 2.60. The lowest BCUT2D eigenvalue weighted by Gasteiger charge is -2.04. The quantitative estimate of drug-likeness (QED) is 0.884. The molecule has 1 aromatic carbocycles. The molecule has 0 fully saturated rings. The number of aryl methyl sites for hydroxylation is 1. The predicted octanol–water partition coefficient (Wildman–Crippen LogP) is 4.14. The molecular weight excluding hydrogens is 234 g/mol. The van der Waals surface area contributed by atoms with Crippen molar-refractivity contribution in [3.63, 3.8) is 0 Å². The van der Waals surface area contributed by atoms with E-state index in [4.69, 9.17) is 16.0 Å². The molecule has 2 rings (SSSR count). The van der Waals surface area contributed by atoms with Crippen molar-refractivity contribution < 1.29 is 4.42 Å². The van der Waals surface area contributed by atoms with Crippen molar-refractivity contribution in [3.8, 4) is 0 Å². The van der Waals surface area contributed by atoms with E-state index < -0.39 is 0 Å². The van der Waals surface area contributed by atoms with Crippen LogP contribution in [0.25, 0.3) is 11.0 Å². The number of rotatable bonds is 4. The van der Waals surface area contributed by atoms with E-state index in [1.165, 1.54) is 0 Å². The van der Waals surface area contributed by atoms with Crippen LogP contribution in [0, 0.1) is 12.8 Å². The molecule has 17 heavy (non-hydrogen) atoms. The largest absolute Gasteiger partial charge is 0.458 e. The first-order valence-corrected chi connectivity index (χ1v) is 6.33. The number of furan rings is 1. The molecule has 0 unspecified atom stereocenters. The predicted molar refractivity (Wildman–Crippen MR) is 72.5 cm³/mol. The van der Waals surface area contributed by atoms with E-state index in [0.29, 0.717) is 10.9 Å². The molecule has 1 heterocycles. The molecule has 0 aliphatic rings. The second-order valence-corrected chi connectivity index (χ2v) is 5.31. The zero-order chi connectivity index (χ0) is 12.4. The number of nitrogens with one attached hydrogen (secondary N) is 1. The van der Waals surface area contributed by atoms with Gasteiger partial charge in [0.15, 0.2) is 5.58 Å². The van der Waals surface area contributed by atoms with Crippen LogP contribution in [0.2, 0.25) is 5.02 Å². The number of halogens is 1. The number of hydrogen-bond donors (Lipinski definition) is 1. The number of hydrogen-bond acceptors (Lipinski definition) is 2. The van der Waals surface area contributed by atoms with Gasteiger partial charge in [0.25, 0.3) is 0 Å². The van der Waals surface area contributed by atoms with Crippen LogP contribution >= 0.6 is 11.6 Å². The summed E-state index contributed by atoms with van der Waals surface area (Å²) in [5.74, 6) is 1.58. The van der Waals surface area contributed by atoms with E-state index in [1.807, 2.05) is 13.0 Å². The number of benzene rings is 1. The molecule has 2 nitrogen and oxygen atoms in total. The Morgan fingerprint density at radius 3 is 2.76 bits per heavy atom. The van der Waals surface area contributed by atoms with Crippen LogP contribution in [0.4, 0.5) is 0 Å². The SMILES string of the molecule is Cc1cc(Cl)c2oc(CNCC(C)C)cc2c1. The van der Waals surface area contributed by atoms with Crippen LogP contribution in [-0.4, -0.2) is 6.54 Å². The van der Waals surface area contributed by atoms with E-state index in [0.717, 1.165) is 35.4 Å². The van der Waals surface area contributed by atoms with E-state index in [1.54, 1.807) is 0 Å². The lowest BCUT2D eigenvalue weighted by Crippen LogP contribution is -2.18. The van der Waals surface area contributed by atoms with E-state index in [-0.39, 0.29) is 0 Å². The van der Waals surface area contributed by atoms with Gasteiger partial charge in [0.2, 0.25) is 0 Å². The van der Waals surface area contributed by atoms with Crippen molar-refractivity contribution in [2.24, 2.45) is 5.92 Å². The molecule has 0 saturated heterocycles. The second kappa shape index (κ2) is 5.11. The molecule has 0 atom stereocenters. The summed E-state index contributed by atoms with van der Waals surface area (Å²) in [5, 5.41) is 5.13. The average molecular weight is 252 g/mol. The highest BCUT2D eigenvalue weighted by Crippen LogP contribution is 2.28. The molecule has 92 valence electrons. The standard InChI is InChI=1S/C14H18ClNO/c1-9(2)7-16-8-12-6-11-4-10(3)5-13(15)14(11)17-12/h4-6,9,16H,7-8H2,1-3H3. The highest BCUT2D eigenvalue weighted by atomic mass is 35.5. The minimum atomic E-state index is 0.644. The first-order chi connectivity index (χ1) is 8.06. The monoisotopic (exact) mass is 251 g/mol. The Bertz CT molecular complexity index is 516. The van der Waals surface area contributed by atoms with Crippen LogP contribution in [-0.2, 0) is 6.54 Å². The molecule has 0 aliphatic carbocycles. The van der Waals surface area contributed by atoms with Crippen LogP contribution < -0.4 is 5.32 Å². The first-order valence-electron chi connectivity index (χ1n) is 5.95. The first kappa shape index (κ1) is 12.5. The Hall–Kier alpha value is -0.990. The highest BCUT2D eigenvalue weighted by Gasteiger charge is 2.08. The Balaban J connectivity index is 2.17. The van der Waals surface area contributed by atoms with Crippen molar-refractivity contribution in [2.75, 3.05) is 6.54 Å². The van der Waals surface area contributed by atoms with Gasteiger partial charge in [-0.1, -0.05) is 25.4 Å². The maximum Gasteiger partial charge on any atom is 0.152 e. The summed E-state index contributed by atoms with van der Waals surface area (Å²) >= 11 is 6.15. The third-order valence-electron chi connectivity index (χ3n) is 2.62. The van der Waals surface area contributed by atoms with Crippen LogP contribution in [0.3, 0.4) is 0 Å². The van der Waals surface area contributed by atoms with Gasteiger partial charge in [0.05, 0.1) is 11.6 Å². The highest BCUT2D eigenvalue weighted by molar-refractivity contribution is 6.34. The fourth-order valence-corrected chi connectivity index (χ4v) is 2.20. The van der Waals surface area contributed by atoms with Crippen LogP contribution in [0.15, 0.2) is 22.6 Å². The molecule has 1 N–H and O–H groups in total. The van der Waals surface area contributed by atoms with Crippen molar-refractivity contribution in [2.45, 2.75) is 27.3 Å². The summed E-state index contributed by atoms with van der Waals surface area (Å²) in [6, 6.07) is 6.08. The molecule has 3 heteroatoms. The zero-order valence-corrected chi connectivity index (χ0v) is 11.3. The zero-order valence-electron chi connectivity index (χ0n) is 10.5. The third-order valence-corrected chi connectivity index (χ3v) is 2.90. The molecule has 0 bridgehead atoms. The summed E-state index contributed by atoms with van der Waals surface area (Å²) in [5.41, 5.74) is 1.95. The second-order valence-electron chi connectivity index (χ2n) is 4.90. The molecular formula is C14H18ClNO. The fourth-order valence-electron chi connectivity index (χ4n) is 1.88. The van der Waals surface area contributed by atoms with Crippen LogP contribution in [0.5, 0.6) is 0 Å². The fraction of sp³-hybridized carbons (Fsp3) is 0.429. The summed E-state index contributed by atoms with van der Waals surface area (Å²) in [4.78, 5) is 0. The van der Waals surface area contributed by atoms with Gasteiger partial charge >= 0.3 is 0 Å².